The molecule has 1 aliphatic rings. The van der Waals surface area contributed by atoms with Gasteiger partial charge >= 0.3 is 5.97 Å². The van der Waals surface area contributed by atoms with Crippen molar-refractivity contribution in [3.63, 3.8) is 0 Å². The van der Waals surface area contributed by atoms with Crippen LogP contribution < -0.4 is 10.1 Å². The minimum Gasteiger partial charge on any atom is -0.494 e. The maximum Gasteiger partial charge on any atom is 0.325 e. The average molecular weight is 424 g/mol. The number of benzene rings is 1. The molecule has 1 fully saturated rings. The summed E-state index contributed by atoms with van der Waals surface area (Å²) in [6, 6.07) is 7.99. The summed E-state index contributed by atoms with van der Waals surface area (Å²) in [5.41, 5.74) is 1.07. The number of hydrogen-bond acceptors (Lipinski definition) is 6. The van der Waals surface area contributed by atoms with E-state index >= 15 is 0 Å². The Bertz CT molecular complexity index is 638. The summed E-state index contributed by atoms with van der Waals surface area (Å²) in [4.78, 5) is 16.2. The number of rotatable bonds is 11. The Morgan fingerprint density at radius 1 is 1.24 bits per heavy atom. The molecule has 1 aromatic carbocycles. The third-order valence-electron chi connectivity index (χ3n) is 4.62. The van der Waals surface area contributed by atoms with Gasteiger partial charge in [-0.15, -0.1) is 0 Å². The highest BCUT2D eigenvalue weighted by Gasteiger charge is 2.16. The Labute approximate surface area is 179 Å². The van der Waals surface area contributed by atoms with Crippen LogP contribution in [0.5, 0.6) is 5.75 Å². The van der Waals surface area contributed by atoms with Crippen molar-refractivity contribution in [1.29, 1.82) is 0 Å². The van der Waals surface area contributed by atoms with Gasteiger partial charge < -0.3 is 24.4 Å². The lowest BCUT2D eigenvalue weighted by molar-refractivity contribution is -0.141. The molecule has 8 heteroatoms. The van der Waals surface area contributed by atoms with E-state index in [-0.39, 0.29) is 12.5 Å². The van der Waals surface area contributed by atoms with Crippen molar-refractivity contribution in [2.75, 3.05) is 59.2 Å². The first kappa shape index (κ1) is 23.4. The van der Waals surface area contributed by atoms with Crippen LogP contribution in [0.1, 0.15) is 25.8 Å². The number of morpholine rings is 1. The Hall–Kier alpha value is -1.90. The highest BCUT2D eigenvalue weighted by molar-refractivity contribution is 7.80. The maximum atomic E-state index is 11.7. The molecule has 0 saturated carbocycles. The van der Waals surface area contributed by atoms with Gasteiger partial charge in [0.1, 0.15) is 12.3 Å². The van der Waals surface area contributed by atoms with E-state index in [1.807, 2.05) is 31.2 Å². The van der Waals surface area contributed by atoms with Gasteiger partial charge in [0.15, 0.2) is 5.11 Å². The van der Waals surface area contributed by atoms with Gasteiger partial charge in [0.25, 0.3) is 0 Å². The van der Waals surface area contributed by atoms with Crippen molar-refractivity contribution in [3.8, 4) is 5.75 Å². The maximum absolute atomic E-state index is 11.7. The largest absolute Gasteiger partial charge is 0.494 e. The zero-order valence-corrected chi connectivity index (χ0v) is 18.3. The standard InChI is InChI=1S/C21H33N3O4S/c1-3-27-19-9-6-5-8-18(19)17-24(21(29)22-16-20(25)28-4-2)11-7-10-23-12-14-26-15-13-23/h5-6,8-9H,3-4,7,10-17H2,1-2H3,(H,22,29). The molecular formula is C21H33N3O4S. The monoisotopic (exact) mass is 423 g/mol. The molecule has 0 aromatic heterocycles. The molecular weight excluding hydrogens is 390 g/mol. The first-order chi connectivity index (χ1) is 14.1. The number of hydrogen-bond donors (Lipinski definition) is 1. The van der Waals surface area contributed by atoms with Crippen LogP contribution in [0.4, 0.5) is 0 Å². The average Bonchev–Trinajstić information content (AvgIpc) is 2.74. The fourth-order valence-electron chi connectivity index (χ4n) is 3.17. The van der Waals surface area contributed by atoms with E-state index < -0.39 is 0 Å². The lowest BCUT2D eigenvalue weighted by atomic mass is 10.2. The molecule has 0 bridgehead atoms. The highest BCUT2D eigenvalue weighted by atomic mass is 32.1. The molecule has 1 N–H and O–H groups in total. The molecule has 0 unspecified atom stereocenters. The van der Waals surface area contributed by atoms with Crippen LogP contribution in [-0.2, 0) is 20.8 Å². The topological polar surface area (TPSA) is 63.3 Å². The lowest BCUT2D eigenvalue weighted by Gasteiger charge is -2.30. The number of thiocarbonyl (C=S) groups is 1. The number of carbonyl (C=O) groups excluding carboxylic acids is 1. The second-order valence-electron chi connectivity index (χ2n) is 6.73. The molecule has 0 atom stereocenters. The zero-order valence-electron chi connectivity index (χ0n) is 17.5. The number of nitrogens with one attached hydrogen (secondary N) is 1. The van der Waals surface area contributed by atoms with Gasteiger partial charge in [-0.05, 0) is 38.6 Å². The Morgan fingerprint density at radius 2 is 2.00 bits per heavy atom. The summed E-state index contributed by atoms with van der Waals surface area (Å²) in [6.07, 6.45) is 0.970. The van der Waals surface area contributed by atoms with Crippen LogP contribution in [-0.4, -0.2) is 80.0 Å². The second-order valence-corrected chi connectivity index (χ2v) is 7.12. The Balaban J connectivity index is 1.97. The van der Waals surface area contributed by atoms with Crippen LogP contribution >= 0.6 is 12.2 Å². The number of esters is 1. The van der Waals surface area contributed by atoms with E-state index in [2.05, 4.69) is 15.1 Å². The molecule has 0 aliphatic carbocycles. The first-order valence-electron chi connectivity index (χ1n) is 10.3. The fourth-order valence-corrected chi connectivity index (χ4v) is 3.40. The van der Waals surface area contributed by atoms with Crippen LogP contribution in [0.3, 0.4) is 0 Å². The van der Waals surface area contributed by atoms with Crippen molar-refractivity contribution in [3.05, 3.63) is 29.8 Å². The summed E-state index contributed by atoms with van der Waals surface area (Å²) in [5, 5.41) is 3.58. The molecule has 1 heterocycles. The third-order valence-corrected chi connectivity index (χ3v) is 5.02. The molecule has 0 radical (unpaired) electrons. The fraction of sp³-hybridized carbons (Fsp3) is 0.619. The van der Waals surface area contributed by atoms with E-state index in [0.717, 1.165) is 57.1 Å². The van der Waals surface area contributed by atoms with Gasteiger partial charge in [0, 0.05) is 38.3 Å². The minimum atomic E-state index is -0.308. The SMILES string of the molecule is CCOC(=O)CNC(=S)N(CCCN1CCOCC1)Cc1ccccc1OCC. The van der Waals surface area contributed by atoms with E-state index in [1.54, 1.807) is 6.92 Å². The second kappa shape index (κ2) is 13.3. The van der Waals surface area contributed by atoms with E-state index in [0.29, 0.717) is 24.9 Å². The van der Waals surface area contributed by atoms with Crippen molar-refractivity contribution in [2.45, 2.75) is 26.8 Å². The summed E-state index contributed by atoms with van der Waals surface area (Å²) in [5.74, 6) is 0.555. The van der Waals surface area contributed by atoms with Gasteiger partial charge in [0.05, 0.1) is 26.4 Å². The van der Waals surface area contributed by atoms with Gasteiger partial charge in [0.2, 0.25) is 0 Å². The minimum absolute atomic E-state index is 0.0692. The number of carbonyl (C=O) groups is 1. The first-order valence-corrected chi connectivity index (χ1v) is 10.7. The Morgan fingerprint density at radius 3 is 2.72 bits per heavy atom. The van der Waals surface area contributed by atoms with E-state index in [4.69, 9.17) is 26.4 Å². The molecule has 0 spiro atoms. The zero-order chi connectivity index (χ0) is 20.9. The van der Waals surface area contributed by atoms with Crippen molar-refractivity contribution in [1.82, 2.24) is 15.1 Å². The molecule has 1 aromatic rings. The molecule has 0 amide bonds. The van der Waals surface area contributed by atoms with Crippen LogP contribution in [0.2, 0.25) is 0 Å². The predicted molar refractivity (Wildman–Crippen MR) is 117 cm³/mol. The summed E-state index contributed by atoms with van der Waals surface area (Å²) in [7, 11) is 0. The van der Waals surface area contributed by atoms with Gasteiger partial charge in [-0.3, -0.25) is 9.69 Å². The van der Waals surface area contributed by atoms with Crippen molar-refractivity contribution < 1.29 is 19.0 Å². The molecule has 2 rings (SSSR count). The normalized spacial score (nSPS) is 14.3. The molecule has 162 valence electrons. The van der Waals surface area contributed by atoms with E-state index in [1.165, 1.54) is 0 Å². The van der Waals surface area contributed by atoms with Gasteiger partial charge in [-0.1, -0.05) is 18.2 Å². The quantitative estimate of drug-likeness (QED) is 0.429. The number of ether oxygens (including phenoxy) is 3. The summed E-state index contributed by atoms with van der Waals surface area (Å²) >= 11 is 5.59. The number of para-hydroxylation sites is 1. The smallest absolute Gasteiger partial charge is 0.325 e. The molecule has 1 aliphatic heterocycles. The molecule has 29 heavy (non-hydrogen) atoms. The van der Waals surface area contributed by atoms with Crippen molar-refractivity contribution in [2.24, 2.45) is 0 Å². The van der Waals surface area contributed by atoms with Crippen LogP contribution in [0, 0.1) is 0 Å². The third kappa shape index (κ3) is 8.55. The van der Waals surface area contributed by atoms with Crippen molar-refractivity contribution >= 4 is 23.3 Å². The number of nitrogens with zero attached hydrogens (tertiary/aromatic N) is 2. The van der Waals surface area contributed by atoms with E-state index in [9.17, 15) is 4.79 Å². The summed E-state index contributed by atoms with van der Waals surface area (Å²) in [6.45, 7) is 10.7. The predicted octanol–water partition coefficient (Wildman–Crippen LogP) is 2.05. The lowest BCUT2D eigenvalue weighted by Crippen LogP contribution is -2.43. The van der Waals surface area contributed by atoms with Crippen LogP contribution in [0.25, 0.3) is 0 Å². The Kier molecular flexibility index (Phi) is 10.8. The molecule has 7 nitrogen and oxygen atoms in total. The van der Waals surface area contributed by atoms with Gasteiger partial charge in [-0.25, -0.2) is 0 Å². The highest BCUT2D eigenvalue weighted by Crippen LogP contribution is 2.20. The van der Waals surface area contributed by atoms with Gasteiger partial charge in [-0.2, -0.15) is 0 Å². The van der Waals surface area contributed by atoms with Crippen LogP contribution in [0.15, 0.2) is 24.3 Å². The molecule has 1 saturated heterocycles. The summed E-state index contributed by atoms with van der Waals surface area (Å²) < 4.78 is 16.2.